The van der Waals surface area contributed by atoms with E-state index in [0.717, 1.165) is 0 Å². The highest BCUT2D eigenvalue weighted by Crippen LogP contribution is 2.32. The maximum absolute atomic E-state index is 12.3. The third-order valence-corrected chi connectivity index (χ3v) is 4.24. The van der Waals surface area contributed by atoms with E-state index in [4.69, 9.17) is 5.73 Å². The number of guanidine groups is 1. The zero-order valence-corrected chi connectivity index (χ0v) is 14.6. The summed E-state index contributed by atoms with van der Waals surface area (Å²) in [6.07, 6.45) is -1.19. The van der Waals surface area contributed by atoms with Crippen LogP contribution in [-0.4, -0.2) is 39.8 Å². The van der Waals surface area contributed by atoms with Gasteiger partial charge in [-0.05, 0) is 25.1 Å². The zero-order valence-electron chi connectivity index (χ0n) is 14.6. The average Bonchev–Trinajstić information content (AvgIpc) is 3.08. The molecule has 140 valence electrons. The van der Waals surface area contributed by atoms with Gasteiger partial charge in [-0.1, -0.05) is 12.0 Å². The number of aliphatic imine (C=N–C) groups is 1. The van der Waals surface area contributed by atoms with E-state index in [1.54, 1.807) is 38.5 Å². The van der Waals surface area contributed by atoms with Gasteiger partial charge in [0.1, 0.15) is 0 Å². The summed E-state index contributed by atoms with van der Waals surface area (Å²) in [6, 6.07) is 6.26. The van der Waals surface area contributed by atoms with Crippen LogP contribution in [-0.2, 0) is 10.3 Å². The van der Waals surface area contributed by atoms with Crippen LogP contribution in [0.4, 0.5) is 13.2 Å². The van der Waals surface area contributed by atoms with Crippen molar-refractivity contribution < 1.29 is 18.0 Å². The van der Waals surface area contributed by atoms with E-state index < -0.39 is 11.7 Å². The van der Waals surface area contributed by atoms with Crippen molar-refractivity contribution >= 4 is 11.9 Å². The van der Waals surface area contributed by atoms with Gasteiger partial charge in [-0.2, -0.15) is 18.3 Å². The molecule has 0 saturated carbocycles. The Morgan fingerprint density at radius 3 is 2.74 bits per heavy atom. The summed E-state index contributed by atoms with van der Waals surface area (Å²) in [7, 11) is 1.55. The molecule has 2 N–H and O–H groups in total. The van der Waals surface area contributed by atoms with Crippen molar-refractivity contribution in [3.63, 3.8) is 0 Å². The first-order chi connectivity index (χ1) is 12.6. The third-order valence-electron chi connectivity index (χ3n) is 4.24. The van der Waals surface area contributed by atoms with Crippen molar-refractivity contribution in [1.29, 1.82) is 0 Å². The molecule has 9 heteroatoms. The maximum atomic E-state index is 12.3. The lowest BCUT2D eigenvalue weighted by Crippen LogP contribution is -2.47. The van der Waals surface area contributed by atoms with Gasteiger partial charge in [0, 0.05) is 30.3 Å². The molecule has 1 aromatic heterocycles. The highest BCUT2D eigenvalue weighted by Gasteiger charge is 2.37. The topological polar surface area (TPSA) is 76.5 Å². The van der Waals surface area contributed by atoms with Crippen molar-refractivity contribution in [2.24, 2.45) is 10.7 Å². The van der Waals surface area contributed by atoms with Crippen LogP contribution >= 0.6 is 0 Å². The van der Waals surface area contributed by atoms with E-state index in [0.29, 0.717) is 11.3 Å². The minimum absolute atomic E-state index is 0.117. The minimum Gasteiger partial charge on any atom is -0.369 e. The molecule has 2 aromatic rings. The number of nitrogens with two attached hydrogens (primary N) is 1. The third kappa shape index (κ3) is 3.95. The molecule has 2 heterocycles. The van der Waals surface area contributed by atoms with Crippen molar-refractivity contribution in [2.75, 3.05) is 7.05 Å². The molecule has 0 unspecified atom stereocenters. The highest BCUT2D eigenvalue weighted by molar-refractivity contribution is 5.98. The summed E-state index contributed by atoms with van der Waals surface area (Å²) in [5, 5.41) is 4.24. The van der Waals surface area contributed by atoms with Crippen LogP contribution in [0.1, 0.15) is 24.5 Å². The Morgan fingerprint density at radius 2 is 2.07 bits per heavy atom. The smallest absolute Gasteiger partial charge is 0.369 e. The van der Waals surface area contributed by atoms with Gasteiger partial charge in [-0.3, -0.25) is 9.69 Å². The number of aromatic nitrogens is 2. The molecular weight excluding hydrogens is 359 g/mol. The summed E-state index contributed by atoms with van der Waals surface area (Å²) in [4.78, 5) is 17.8. The fourth-order valence-corrected chi connectivity index (χ4v) is 2.69. The summed E-state index contributed by atoms with van der Waals surface area (Å²) in [5.74, 6) is 3.28. The zero-order chi connectivity index (χ0) is 19.8. The number of benzene rings is 1. The number of amides is 1. The quantitative estimate of drug-likeness (QED) is 0.818. The SMILES string of the molecule is CN1C(=O)C[C@@](C)(c2cnn(-c3cccc(C#CC(F)(F)F)c3)c2)N=C1N. The van der Waals surface area contributed by atoms with E-state index in [9.17, 15) is 18.0 Å². The lowest BCUT2D eigenvalue weighted by atomic mass is 9.90. The Morgan fingerprint density at radius 1 is 1.33 bits per heavy atom. The second-order valence-electron chi connectivity index (χ2n) is 6.35. The minimum atomic E-state index is -4.55. The van der Waals surface area contributed by atoms with Crippen molar-refractivity contribution in [1.82, 2.24) is 14.7 Å². The predicted octanol–water partition coefficient (Wildman–Crippen LogP) is 2.18. The Bertz CT molecular complexity index is 983. The van der Waals surface area contributed by atoms with Crippen molar-refractivity contribution in [3.8, 4) is 17.5 Å². The monoisotopic (exact) mass is 375 g/mol. The highest BCUT2D eigenvalue weighted by atomic mass is 19.4. The number of hydrogen-bond acceptors (Lipinski definition) is 4. The van der Waals surface area contributed by atoms with E-state index in [1.807, 2.05) is 0 Å². The van der Waals surface area contributed by atoms with Crippen LogP contribution in [0.5, 0.6) is 0 Å². The first-order valence-electron chi connectivity index (χ1n) is 7.95. The Labute approximate surface area is 153 Å². The Balaban J connectivity index is 1.93. The summed E-state index contributed by atoms with van der Waals surface area (Å²) in [5.41, 5.74) is 6.36. The van der Waals surface area contributed by atoms with Crippen LogP contribution in [0, 0.1) is 11.8 Å². The standard InChI is InChI=1S/C18H16F3N5O/c1-17(9-15(27)25(2)16(22)24-17)13-10-23-26(11-13)14-5-3-4-12(8-14)6-7-18(19,20)21/h3-5,8,10-11H,9H2,1-2H3,(H2,22,24)/t17-/m0/s1. The molecule has 0 aliphatic carbocycles. The van der Waals surface area contributed by atoms with Crippen LogP contribution in [0.3, 0.4) is 0 Å². The molecule has 1 aliphatic heterocycles. The molecule has 0 bridgehead atoms. The number of alkyl halides is 3. The predicted molar refractivity (Wildman–Crippen MR) is 92.9 cm³/mol. The van der Waals surface area contributed by atoms with Gasteiger partial charge < -0.3 is 5.73 Å². The molecule has 0 radical (unpaired) electrons. The number of halogens is 3. The Kier molecular flexibility index (Phi) is 4.43. The lowest BCUT2D eigenvalue weighted by Gasteiger charge is -2.32. The fraction of sp³-hybridized carbons (Fsp3) is 0.278. The Hall–Kier alpha value is -3.28. The van der Waals surface area contributed by atoms with Crippen molar-refractivity contribution in [2.45, 2.75) is 25.1 Å². The number of carbonyl (C=O) groups excluding carboxylic acids is 1. The summed E-state index contributed by atoms with van der Waals surface area (Å²) in [6.45, 7) is 1.78. The lowest BCUT2D eigenvalue weighted by molar-refractivity contribution is -0.128. The van der Waals surface area contributed by atoms with E-state index in [2.05, 4.69) is 16.0 Å². The summed E-state index contributed by atoms with van der Waals surface area (Å²) >= 11 is 0. The molecule has 0 spiro atoms. The number of rotatable bonds is 2. The summed E-state index contributed by atoms with van der Waals surface area (Å²) < 4.78 is 38.3. The average molecular weight is 375 g/mol. The second-order valence-corrected chi connectivity index (χ2v) is 6.35. The number of nitrogens with zero attached hydrogens (tertiary/aromatic N) is 4. The van der Waals surface area contributed by atoms with Gasteiger partial charge in [0.05, 0.1) is 23.8 Å². The van der Waals surface area contributed by atoms with Crippen LogP contribution < -0.4 is 5.73 Å². The molecule has 6 nitrogen and oxygen atoms in total. The molecule has 27 heavy (non-hydrogen) atoms. The van der Waals surface area contributed by atoms with Crippen molar-refractivity contribution in [3.05, 3.63) is 47.8 Å². The van der Waals surface area contributed by atoms with E-state index >= 15 is 0 Å². The van der Waals surface area contributed by atoms with E-state index in [-0.39, 0.29) is 23.9 Å². The molecule has 0 fully saturated rings. The van der Waals surface area contributed by atoms with Gasteiger partial charge in [-0.25, -0.2) is 9.67 Å². The van der Waals surface area contributed by atoms with Gasteiger partial charge in [-0.15, -0.1) is 0 Å². The largest absolute Gasteiger partial charge is 0.458 e. The van der Waals surface area contributed by atoms with Gasteiger partial charge >= 0.3 is 6.18 Å². The van der Waals surface area contributed by atoms with Gasteiger partial charge in [0.25, 0.3) is 0 Å². The van der Waals surface area contributed by atoms with Gasteiger partial charge in [0.15, 0.2) is 5.96 Å². The molecule has 1 aromatic carbocycles. The maximum Gasteiger partial charge on any atom is 0.458 e. The van der Waals surface area contributed by atoms with Crippen LogP contribution in [0.25, 0.3) is 5.69 Å². The number of hydrogen-bond donors (Lipinski definition) is 1. The molecule has 1 amide bonds. The molecule has 0 saturated heterocycles. The number of carbonyl (C=O) groups is 1. The first kappa shape index (κ1) is 18.5. The first-order valence-corrected chi connectivity index (χ1v) is 7.95. The molecule has 1 aliphatic rings. The normalized spacial score (nSPS) is 20.1. The van der Waals surface area contributed by atoms with E-state index in [1.165, 1.54) is 27.6 Å². The molecular formula is C18H16F3N5O. The molecule has 3 rings (SSSR count). The van der Waals surface area contributed by atoms with Crippen LogP contribution in [0.2, 0.25) is 0 Å². The second kappa shape index (κ2) is 6.46. The van der Waals surface area contributed by atoms with Gasteiger partial charge in [0.2, 0.25) is 5.91 Å². The van der Waals surface area contributed by atoms with Crippen LogP contribution in [0.15, 0.2) is 41.7 Å². The fourth-order valence-electron chi connectivity index (χ4n) is 2.69. The molecule has 1 atom stereocenters.